The third kappa shape index (κ3) is 5.22. The average molecular weight is 475 g/mol. The standard InChI is InChI=1S/C25H23BrN4O/c1-17-7-6-8-19(15-17)29-25(30-24(31)21-10-2-4-11-22(21)26)27-14-13-18-16-28-23-12-5-3-9-20(18)23/h2-12,15-16,28H,13-14H2,1H3,(H2,27,29,30,31). The predicted molar refractivity (Wildman–Crippen MR) is 131 cm³/mol. The summed E-state index contributed by atoms with van der Waals surface area (Å²) in [5.74, 6) is 0.199. The van der Waals surface area contributed by atoms with Gasteiger partial charge in [-0.2, -0.15) is 0 Å². The van der Waals surface area contributed by atoms with E-state index in [0.717, 1.165) is 27.7 Å². The van der Waals surface area contributed by atoms with Gasteiger partial charge in [-0.3, -0.25) is 15.1 Å². The number of hydrogen-bond donors (Lipinski definition) is 3. The first-order chi connectivity index (χ1) is 15.1. The van der Waals surface area contributed by atoms with Crippen LogP contribution in [-0.4, -0.2) is 23.4 Å². The lowest BCUT2D eigenvalue weighted by molar-refractivity contribution is 0.0976. The number of fused-ring (bicyclic) bond motifs is 1. The Morgan fingerprint density at radius 2 is 1.84 bits per heavy atom. The van der Waals surface area contributed by atoms with Crippen LogP contribution in [-0.2, 0) is 6.42 Å². The molecule has 1 aromatic heterocycles. The number of nitrogens with one attached hydrogen (secondary N) is 3. The summed E-state index contributed by atoms with van der Waals surface area (Å²) >= 11 is 3.44. The number of aromatic nitrogens is 1. The van der Waals surface area contributed by atoms with Crippen molar-refractivity contribution in [1.29, 1.82) is 0 Å². The second-order valence-corrected chi connectivity index (χ2v) is 8.12. The van der Waals surface area contributed by atoms with Crippen molar-refractivity contribution in [3.05, 3.63) is 100 Å². The number of H-pyrrole nitrogens is 1. The van der Waals surface area contributed by atoms with Crippen molar-refractivity contribution in [3.63, 3.8) is 0 Å². The molecule has 4 rings (SSSR count). The number of halogens is 1. The fourth-order valence-corrected chi connectivity index (χ4v) is 3.88. The zero-order valence-electron chi connectivity index (χ0n) is 17.2. The van der Waals surface area contributed by atoms with Crippen molar-refractivity contribution >= 4 is 44.4 Å². The van der Waals surface area contributed by atoms with Gasteiger partial charge in [-0.15, -0.1) is 0 Å². The van der Waals surface area contributed by atoms with E-state index >= 15 is 0 Å². The highest BCUT2D eigenvalue weighted by molar-refractivity contribution is 9.10. The molecule has 1 heterocycles. The molecule has 0 bridgehead atoms. The molecule has 4 aromatic rings. The summed E-state index contributed by atoms with van der Waals surface area (Å²) in [6.07, 6.45) is 2.78. The van der Waals surface area contributed by atoms with Crippen LogP contribution in [0.1, 0.15) is 21.5 Å². The van der Waals surface area contributed by atoms with Crippen LogP contribution in [0.15, 0.2) is 88.5 Å². The van der Waals surface area contributed by atoms with Crippen molar-refractivity contribution in [2.75, 3.05) is 11.9 Å². The zero-order chi connectivity index (χ0) is 21.6. The van der Waals surface area contributed by atoms with Gasteiger partial charge in [-0.25, -0.2) is 0 Å². The van der Waals surface area contributed by atoms with Gasteiger partial charge < -0.3 is 10.3 Å². The minimum Gasteiger partial charge on any atom is -0.361 e. The van der Waals surface area contributed by atoms with Crippen LogP contribution in [0.2, 0.25) is 0 Å². The lowest BCUT2D eigenvalue weighted by atomic mass is 10.1. The van der Waals surface area contributed by atoms with Crippen LogP contribution < -0.4 is 10.6 Å². The Morgan fingerprint density at radius 1 is 1.03 bits per heavy atom. The summed E-state index contributed by atoms with van der Waals surface area (Å²) in [5, 5.41) is 7.37. The largest absolute Gasteiger partial charge is 0.361 e. The number of benzene rings is 3. The van der Waals surface area contributed by atoms with Gasteiger partial charge in [-0.1, -0.05) is 42.5 Å². The van der Waals surface area contributed by atoms with Crippen LogP contribution in [0.4, 0.5) is 5.69 Å². The maximum Gasteiger partial charge on any atom is 0.259 e. The molecule has 5 nitrogen and oxygen atoms in total. The van der Waals surface area contributed by atoms with Crippen LogP contribution in [0.3, 0.4) is 0 Å². The van der Waals surface area contributed by atoms with Gasteiger partial charge in [0, 0.05) is 33.8 Å². The quantitative estimate of drug-likeness (QED) is 0.257. The van der Waals surface area contributed by atoms with E-state index < -0.39 is 0 Å². The number of nitrogens with zero attached hydrogens (tertiary/aromatic N) is 1. The summed E-state index contributed by atoms with van der Waals surface area (Å²) in [6, 6.07) is 23.5. The van der Waals surface area contributed by atoms with Crippen LogP contribution in [0.5, 0.6) is 0 Å². The van der Waals surface area contributed by atoms with E-state index in [4.69, 9.17) is 0 Å². The SMILES string of the molecule is Cc1cccc(NC(=NCCc2c[nH]c3ccccc23)NC(=O)c2ccccc2Br)c1. The molecular formula is C25H23BrN4O. The number of guanidine groups is 1. The van der Waals surface area contributed by atoms with E-state index in [1.807, 2.05) is 67.7 Å². The van der Waals surface area contributed by atoms with Gasteiger partial charge in [0.25, 0.3) is 5.91 Å². The zero-order valence-corrected chi connectivity index (χ0v) is 18.7. The van der Waals surface area contributed by atoms with Gasteiger partial charge in [0.15, 0.2) is 0 Å². The lowest BCUT2D eigenvalue weighted by Gasteiger charge is -2.13. The number of aryl methyl sites for hydroxylation is 1. The number of para-hydroxylation sites is 1. The molecule has 0 aliphatic heterocycles. The van der Waals surface area contributed by atoms with Gasteiger partial charge in [-0.05, 0) is 70.7 Å². The van der Waals surface area contributed by atoms with Gasteiger partial charge in [0.1, 0.15) is 0 Å². The number of anilines is 1. The monoisotopic (exact) mass is 474 g/mol. The van der Waals surface area contributed by atoms with Crippen LogP contribution >= 0.6 is 15.9 Å². The van der Waals surface area contributed by atoms with Gasteiger partial charge in [0.05, 0.1) is 5.56 Å². The number of amides is 1. The second kappa shape index (κ2) is 9.62. The van der Waals surface area contributed by atoms with E-state index in [1.54, 1.807) is 6.07 Å². The molecule has 0 saturated carbocycles. The Labute approximate surface area is 189 Å². The maximum absolute atomic E-state index is 12.8. The Kier molecular flexibility index (Phi) is 6.48. The molecule has 0 atom stereocenters. The highest BCUT2D eigenvalue weighted by Crippen LogP contribution is 2.18. The number of rotatable bonds is 5. The molecule has 0 fully saturated rings. The number of carbonyl (C=O) groups excluding carboxylic acids is 1. The molecule has 0 saturated heterocycles. The Balaban J connectivity index is 1.53. The molecule has 156 valence electrons. The van der Waals surface area contributed by atoms with Crippen molar-refractivity contribution in [3.8, 4) is 0 Å². The predicted octanol–water partition coefficient (Wildman–Crippen LogP) is 5.68. The smallest absolute Gasteiger partial charge is 0.259 e. The number of aromatic amines is 1. The molecule has 3 aromatic carbocycles. The summed E-state index contributed by atoms with van der Waals surface area (Å²) < 4.78 is 0.737. The first kappa shape index (κ1) is 20.9. The number of carbonyl (C=O) groups is 1. The molecule has 0 aliphatic carbocycles. The fourth-order valence-electron chi connectivity index (χ4n) is 3.42. The highest BCUT2D eigenvalue weighted by atomic mass is 79.9. The molecule has 1 amide bonds. The Bertz CT molecular complexity index is 1250. The molecule has 0 spiro atoms. The van der Waals surface area contributed by atoms with Crippen LogP contribution in [0, 0.1) is 6.92 Å². The molecule has 0 aliphatic rings. The minimum atomic E-state index is -0.224. The summed E-state index contributed by atoms with van der Waals surface area (Å²) in [4.78, 5) is 20.8. The summed E-state index contributed by atoms with van der Waals surface area (Å²) in [6.45, 7) is 2.56. The van der Waals surface area contributed by atoms with E-state index in [9.17, 15) is 4.79 Å². The van der Waals surface area contributed by atoms with Gasteiger partial charge >= 0.3 is 0 Å². The van der Waals surface area contributed by atoms with Crippen molar-refractivity contribution in [2.45, 2.75) is 13.3 Å². The molecule has 0 unspecified atom stereocenters. The van der Waals surface area contributed by atoms with E-state index in [2.05, 4.69) is 48.7 Å². The summed E-state index contributed by atoms with van der Waals surface area (Å²) in [7, 11) is 0. The van der Waals surface area contributed by atoms with Crippen molar-refractivity contribution < 1.29 is 4.79 Å². The first-order valence-corrected chi connectivity index (χ1v) is 10.9. The summed E-state index contributed by atoms with van der Waals surface area (Å²) in [5.41, 5.74) is 4.87. The molecule has 3 N–H and O–H groups in total. The van der Waals surface area contributed by atoms with Crippen molar-refractivity contribution in [2.24, 2.45) is 4.99 Å². The molecule has 31 heavy (non-hydrogen) atoms. The second-order valence-electron chi connectivity index (χ2n) is 7.27. The topological polar surface area (TPSA) is 69.3 Å². The number of aliphatic imine (C=N–C) groups is 1. The Hall–Kier alpha value is -3.38. The average Bonchev–Trinajstić information content (AvgIpc) is 3.17. The van der Waals surface area contributed by atoms with Gasteiger partial charge in [0.2, 0.25) is 5.96 Å². The third-order valence-electron chi connectivity index (χ3n) is 4.96. The van der Waals surface area contributed by atoms with Crippen molar-refractivity contribution in [1.82, 2.24) is 10.3 Å². The number of hydrogen-bond acceptors (Lipinski definition) is 2. The Morgan fingerprint density at radius 3 is 2.68 bits per heavy atom. The molecule has 6 heteroatoms. The fraction of sp³-hybridized carbons (Fsp3) is 0.120. The molecule has 0 radical (unpaired) electrons. The molecular weight excluding hydrogens is 452 g/mol. The van der Waals surface area contributed by atoms with E-state index in [-0.39, 0.29) is 5.91 Å². The third-order valence-corrected chi connectivity index (χ3v) is 5.65. The normalized spacial score (nSPS) is 11.5. The van der Waals surface area contributed by atoms with Crippen LogP contribution in [0.25, 0.3) is 10.9 Å². The maximum atomic E-state index is 12.8. The van der Waals surface area contributed by atoms with E-state index in [0.29, 0.717) is 18.1 Å². The minimum absolute atomic E-state index is 0.224. The lowest BCUT2D eigenvalue weighted by Crippen LogP contribution is -2.36. The first-order valence-electron chi connectivity index (χ1n) is 10.1. The highest BCUT2D eigenvalue weighted by Gasteiger charge is 2.12. The van der Waals surface area contributed by atoms with E-state index in [1.165, 1.54) is 10.9 Å².